The van der Waals surface area contributed by atoms with Gasteiger partial charge in [0.05, 0.1) is 11.6 Å². The van der Waals surface area contributed by atoms with Crippen molar-refractivity contribution in [3.8, 4) is 5.75 Å². The third-order valence-corrected chi connectivity index (χ3v) is 2.74. The second-order valence-corrected chi connectivity index (χ2v) is 4.73. The van der Waals surface area contributed by atoms with E-state index in [4.69, 9.17) is 10.1 Å². The number of nitrogens with zero attached hydrogens (tertiary/aromatic N) is 4. The zero-order valence-corrected chi connectivity index (χ0v) is 11.8. The summed E-state index contributed by atoms with van der Waals surface area (Å²) >= 11 is 0. The number of diazo groups is 1. The van der Waals surface area contributed by atoms with Crippen LogP contribution in [0.1, 0.15) is 5.56 Å². The van der Waals surface area contributed by atoms with Crippen LogP contribution >= 0.6 is 0 Å². The summed E-state index contributed by atoms with van der Waals surface area (Å²) in [6, 6.07) is 3.79. The number of benzene rings is 1. The van der Waals surface area contributed by atoms with Gasteiger partial charge in [-0.2, -0.15) is 0 Å². The highest BCUT2D eigenvalue weighted by atomic mass is 16.5. The van der Waals surface area contributed by atoms with Gasteiger partial charge in [-0.3, -0.25) is 0 Å². The van der Waals surface area contributed by atoms with Gasteiger partial charge in [-0.05, 0) is 21.0 Å². The number of likely N-dealkylation sites (N-methyl/N-ethyl adjacent to an activating group) is 1. The van der Waals surface area contributed by atoms with Crippen molar-refractivity contribution in [2.45, 2.75) is 6.92 Å². The third kappa shape index (κ3) is 3.60. The van der Waals surface area contributed by atoms with E-state index in [1.807, 2.05) is 52.1 Å². The quantitative estimate of drug-likeness (QED) is 0.752. The molecule has 0 fully saturated rings. The van der Waals surface area contributed by atoms with E-state index in [1.54, 1.807) is 0 Å². The Morgan fingerprint density at radius 2 is 1.89 bits per heavy atom. The van der Waals surface area contributed by atoms with E-state index in [1.165, 1.54) is 0 Å². The van der Waals surface area contributed by atoms with E-state index in [2.05, 4.69) is 9.88 Å². The molecule has 98 valence electrons. The molecule has 1 aromatic rings. The lowest BCUT2D eigenvalue weighted by Crippen LogP contribution is -2.19. The molecule has 0 saturated heterocycles. The Labute approximate surface area is 109 Å². The first-order valence-electron chi connectivity index (χ1n) is 5.90. The molecule has 0 spiro atoms. The van der Waals surface area contributed by atoms with Crippen LogP contribution < -0.4 is 9.64 Å². The lowest BCUT2D eigenvalue weighted by atomic mass is 10.1. The van der Waals surface area contributed by atoms with Crippen LogP contribution in [0.25, 0.3) is 4.98 Å². The Bertz CT molecular complexity index is 449. The van der Waals surface area contributed by atoms with Crippen LogP contribution in [0, 0.1) is 12.3 Å². The number of hydrogen-bond donors (Lipinski definition) is 0. The normalized spacial score (nSPS) is 10.3. The molecule has 0 aliphatic rings. The fourth-order valence-corrected chi connectivity index (χ4v) is 1.51. The second kappa shape index (κ2) is 6.22. The van der Waals surface area contributed by atoms with E-state index in [0.717, 1.165) is 23.5 Å². The van der Waals surface area contributed by atoms with Crippen molar-refractivity contribution in [1.82, 2.24) is 4.90 Å². The highest BCUT2D eigenvalue weighted by Crippen LogP contribution is 2.33. The molecule has 0 unspecified atom stereocenters. The SMILES string of the molecule is Cc1c([N+]#N)cc(N(C)C)cc1OCCN(C)C. The van der Waals surface area contributed by atoms with Gasteiger partial charge in [-0.25, -0.2) is 0 Å². The largest absolute Gasteiger partial charge is 0.492 e. The summed E-state index contributed by atoms with van der Waals surface area (Å²) in [7, 11) is 7.88. The van der Waals surface area contributed by atoms with Gasteiger partial charge in [0.25, 0.3) is 0 Å². The minimum Gasteiger partial charge on any atom is -0.492 e. The summed E-state index contributed by atoms with van der Waals surface area (Å²) < 4.78 is 5.74. The minimum atomic E-state index is 0.543. The van der Waals surface area contributed by atoms with Crippen LogP contribution in [0.2, 0.25) is 0 Å². The molecule has 0 N–H and O–H groups in total. The summed E-state index contributed by atoms with van der Waals surface area (Å²) in [5.41, 5.74) is 2.34. The van der Waals surface area contributed by atoms with Gasteiger partial charge in [0.15, 0.2) is 4.98 Å². The van der Waals surface area contributed by atoms with Gasteiger partial charge in [-0.15, -0.1) is 0 Å². The van der Waals surface area contributed by atoms with Crippen molar-refractivity contribution in [3.05, 3.63) is 22.7 Å². The highest BCUT2D eigenvalue weighted by Gasteiger charge is 2.18. The van der Waals surface area contributed by atoms with Crippen molar-refractivity contribution in [2.24, 2.45) is 0 Å². The summed E-state index contributed by atoms with van der Waals surface area (Å²) in [6.45, 7) is 3.34. The molecule has 0 atom stereocenters. The smallest absolute Gasteiger partial charge is 0.393 e. The topological polar surface area (TPSA) is 43.9 Å². The molecular weight excluding hydrogens is 228 g/mol. The Morgan fingerprint density at radius 3 is 2.39 bits per heavy atom. The summed E-state index contributed by atoms with van der Waals surface area (Å²) in [5, 5.41) is 9.01. The molecule has 0 heterocycles. The molecule has 1 aromatic carbocycles. The Morgan fingerprint density at radius 1 is 1.22 bits per heavy atom. The predicted octanol–water partition coefficient (Wildman–Crippen LogP) is 2.49. The van der Waals surface area contributed by atoms with Crippen LogP contribution in [0.3, 0.4) is 0 Å². The molecule has 5 nitrogen and oxygen atoms in total. The number of anilines is 1. The maximum absolute atomic E-state index is 9.01. The molecule has 0 amide bonds. The molecule has 0 aliphatic carbocycles. The lowest BCUT2D eigenvalue weighted by molar-refractivity contribution is 0.260. The van der Waals surface area contributed by atoms with E-state index < -0.39 is 0 Å². The summed E-state index contributed by atoms with van der Waals surface area (Å²) in [6.07, 6.45) is 0. The van der Waals surface area contributed by atoms with E-state index in [9.17, 15) is 0 Å². The lowest BCUT2D eigenvalue weighted by Gasteiger charge is -2.16. The Kier molecular flexibility index (Phi) is 4.93. The van der Waals surface area contributed by atoms with Crippen LogP contribution in [0.5, 0.6) is 5.75 Å². The van der Waals surface area contributed by atoms with E-state index in [-0.39, 0.29) is 0 Å². The predicted molar refractivity (Wildman–Crippen MR) is 74.3 cm³/mol. The first-order valence-corrected chi connectivity index (χ1v) is 5.90. The number of ether oxygens (including phenoxy) is 1. The average molecular weight is 249 g/mol. The standard InChI is InChI=1S/C13H21N4O/c1-10-12(15-14)8-11(17(4)5)9-13(10)18-7-6-16(2)3/h8-9H,6-7H2,1-5H3/q+1. The van der Waals surface area contributed by atoms with Gasteiger partial charge in [0.1, 0.15) is 12.4 Å². The molecule has 0 aromatic heterocycles. The second-order valence-electron chi connectivity index (χ2n) is 4.73. The zero-order chi connectivity index (χ0) is 13.7. The maximum atomic E-state index is 9.01. The van der Waals surface area contributed by atoms with E-state index >= 15 is 0 Å². The fraction of sp³-hybridized carbons (Fsp3) is 0.538. The highest BCUT2D eigenvalue weighted by molar-refractivity contribution is 5.67. The van der Waals surface area contributed by atoms with Crippen molar-refractivity contribution >= 4 is 11.4 Å². The fourth-order valence-electron chi connectivity index (χ4n) is 1.51. The van der Waals surface area contributed by atoms with Crippen molar-refractivity contribution in [3.63, 3.8) is 0 Å². The molecule has 5 heteroatoms. The number of rotatable bonds is 5. The molecule has 0 radical (unpaired) electrons. The van der Waals surface area contributed by atoms with Crippen molar-refractivity contribution in [1.29, 1.82) is 5.39 Å². The summed E-state index contributed by atoms with van der Waals surface area (Å²) in [4.78, 5) is 7.31. The van der Waals surface area contributed by atoms with E-state index in [0.29, 0.717) is 12.3 Å². The molecule has 18 heavy (non-hydrogen) atoms. The molecule has 0 bridgehead atoms. The van der Waals surface area contributed by atoms with Gasteiger partial charge >= 0.3 is 5.69 Å². The van der Waals surface area contributed by atoms with Crippen molar-refractivity contribution < 1.29 is 4.74 Å². The molecule has 1 rings (SSSR count). The van der Waals surface area contributed by atoms with Gasteiger partial charge < -0.3 is 14.5 Å². The van der Waals surface area contributed by atoms with Crippen LogP contribution in [-0.2, 0) is 0 Å². The van der Waals surface area contributed by atoms with Crippen LogP contribution in [0.4, 0.5) is 11.4 Å². The van der Waals surface area contributed by atoms with Gasteiger partial charge in [0, 0.05) is 32.4 Å². The minimum absolute atomic E-state index is 0.543. The Balaban J connectivity index is 2.95. The van der Waals surface area contributed by atoms with Gasteiger partial charge in [-0.1, -0.05) is 0 Å². The first kappa shape index (κ1) is 14.3. The maximum Gasteiger partial charge on any atom is 0.393 e. The van der Waals surface area contributed by atoms with Gasteiger partial charge in [0.2, 0.25) is 5.39 Å². The molecular formula is C13H21N4O+. The zero-order valence-electron chi connectivity index (χ0n) is 11.8. The van der Waals surface area contributed by atoms with Crippen LogP contribution in [-0.4, -0.2) is 46.2 Å². The molecule has 0 saturated carbocycles. The molecule has 0 aliphatic heterocycles. The first-order chi connectivity index (χ1) is 8.45. The Hall–Kier alpha value is -1.80. The average Bonchev–Trinajstić information content (AvgIpc) is 2.30. The monoisotopic (exact) mass is 249 g/mol. The van der Waals surface area contributed by atoms with Crippen LogP contribution in [0.15, 0.2) is 12.1 Å². The summed E-state index contributed by atoms with van der Waals surface area (Å²) in [5.74, 6) is 0.760. The third-order valence-electron chi connectivity index (χ3n) is 2.74. The van der Waals surface area contributed by atoms with Crippen molar-refractivity contribution in [2.75, 3.05) is 46.2 Å². The number of hydrogen-bond acceptors (Lipinski definition) is 4.